The van der Waals surface area contributed by atoms with Gasteiger partial charge in [-0.1, -0.05) is 5.16 Å². The van der Waals surface area contributed by atoms with Crippen LogP contribution in [0.4, 0.5) is 0 Å². The number of sulfonamides is 1. The first-order valence-corrected chi connectivity index (χ1v) is 7.48. The second kappa shape index (κ2) is 5.11. The number of nitrogens with one attached hydrogen (secondary N) is 1. The molecule has 2 aromatic heterocycles. The van der Waals surface area contributed by atoms with Gasteiger partial charge in [0.25, 0.3) is 0 Å². The lowest BCUT2D eigenvalue weighted by Crippen LogP contribution is -2.22. The topological polar surface area (TPSA) is 110 Å². The fraction of sp³-hybridized carbons (Fsp3) is 0.200. The first-order valence-electron chi connectivity index (χ1n) is 5.12. The van der Waals surface area contributed by atoms with Crippen LogP contribution in [0.15, 0.2) is 26.9 Å². The van der Waals surface area contributed by atoms with E-state index in [0.29, 0.717) is 11.5 Å². The molecule has 7 nitrogen and oxygen atoms in total. The Labute approximate surface area is 112 Å². The van der Waals surface area contributed by atoms with Crippen LogP contribution < -0.4 is 4.72 Å². The molecule has 0 unspecified atom stereocenters. The Bertz CT molecular complexity index is 701. The summed E-state index contributed by atoms with van der Waals surface area (Å²) in [6, 6.07) is 2.72. The van der Waals surface area contributed by atoms with Crippen LogP contribution in [0, 0.1) is 6.92 Å². The summed E-state index contributed by atoms with van der Waals surface area (Å²) in [5, 5.41) is 13.7. The predicted octanol–water partition coefficient (Wildman–Crippen LogP) is 1.22. The monoisotopic (exact) mass is 302 g/mol. The van der Waals surface area contributed by atoms with Crippen molar-refractivity contribution in [2.24, 2.45) is 0 Å². The molecule has 2 rings (SSSR count). The highest BCUT2D eigenvalue weighted by Gasteiger charge is 2.18. The number of carboxylic acid groups (broad SMARTS) is 1. The summed E-state index contributed by atoms with van der Waals surface area (Å²) in [7, 11) is -3.75. The van der Waals surface area contributed by atoms with Crippen molar-refractivity contribution in [1.82, 2.24) is 9.88 Å². The van der Waals surface area contributed by atoms with E-state index in [1.54, 1.807) is 13.0 Å². The zero-order valence-corrected chi connectivity index (χ0v) is 11.4. The highest BCUT2D eigenvalue weighted by molar-refractivity contribution is 7.89. The molecule has 0 aliphatic carbocycles. The highest BCUT2D eigenvalue weighted by Crippen LogP contribution is 2.19. The number of aromatic nitrogens is 1. The van der Waals surface area contributed by atoms with Crippen LogP contribution in [-0.4, -0.2) is 24.7 Å². The number of nitrogens with zero attached hydrogens (tertiary/aromatic N) is 1. The molecule has 0 spiro atoms. The van der Waals surface area contributed by atoms with Crippen molar-refractivity contribution in [2.45, 2.75) is 18.4 Å². The van der Waals surface area contributed by atoms with Gasteiger partial charge in [0.2, 0.25) is 10.0 Å². The average Bonchev–Trinajstić information content (AvgIpc) is 2.95. The van der Waals surface area contributed by atoms with E-state index in [-0.39, 0.29) is 16.3 Å². The summed E-state index contributed by atoms with van der Waals surface area (Å²) in [6.45, 7) is 1.68. The Morgan fingerprint density at radius 3 is 2.79 bits per heavy atom. The molecular formula is C10H10N2O5S2. The molecule has 0 aromatic carbocycles. The third-order valence-electron chi connectivity index (χ3n) is 2.22. The number of hydrogen-bond acceptors (Lipinski definition) is 6. The molecule has 0 radical (unpaired) electrons. The average molecular weight is 302 g/mol. The van der Waals surface area contributed by atoms with Crippen molar-refractivity contribution in [1.29, 1.82) is 0 Å². The molecule has 0 aliphatic rings. The molecule has 9 heteroatoms. The van der Waals surface area contributed by atoms with Crippen molar-refractivity contribution in [3.8, 4) is 0 Å². The summed E-state index contributed by atoms with van der Waals surface area (Å²) >= 11 is 0.857. The summed E-state index contributed by atoms with van der Waals surface area (Å²) < 4.78 is 30.9. The van der Waals surface area contributed by atoms with Gasteiger partial charge in [0.05, 0.1) is 17.1 Å². The molecule has 102 valence electrons. The fourth-order valence-corrected chi connectivity index (χ4v) is 3.44. The summed E-state index contributed by atoms with van der Waals surface area (Å²) in [5.41, 5.74) is 0.453. The van der Waals surface area contributed by atoms with Crippen molar-refractivity contribution >= 4 is 27.3 Å². The zero-order valence-electron chi connectivity index (χ0n) is 9.78. The fourth-order valence-electron chi connectivity index (χ4n) is 1.33. The Kier molecular flexibility index (Phi) is 3.69. The molecule has 0 saturated carbocycles. The molecule has 0 amide bonds. The quantitative estimate of drug-likeness (QED) is 0.859. The predicted molar refractivity (Wildman–Crippen MR) is 66.5 cm³/mol. The smallest absolute Gasteiger partial charge is 0.345 e. The Morgan fingerprint density at radius 2 is 2.26 bits per heavy atom. The number of carbonyl (C=O) groups is 1. The number of carboxylic acids is 1. The van der Waals surface area contributed by atoms with E-state index < -0.39 is 16.0 Å². The van der Waals surface area contributed by atoms with E-state index in [1.807, 2.05) is 0 Å². The third-order valence-corrected chi connectivity index (χ3v) is 4.66. The molecule has 2 heterocycles. The van der Waals surface area contributed by atoms with Gasteiger partial charge in [0.15, 0.2) is 0 Å². The maximum absolute atomic E-state index is 11.9. The van der Waals surface area contributed by atoms with Gasteiger partial charge in [-0.2, -0.15) is 0 Å². The van der Waals surface area contributed by atoms with Crippen molar-refractivity contribution < 1.29 is 22.8 Å². The van der Waals surface area contributed by atoms with Crippen LogP contribution in [0.25, 0.3) is 0 Å². The SMILES string of the molecule is Cc1cc(CNS(=O)(=O)c2csc(C(=O)O)c2)no1. The zero-order chi connectivity index (χ0) is 14.0. The Balaban J connectivity index is 2.11. The summed E-state index contributed by atoms with van der Waals surface area (Å²) in [5.74, 6) is -0.573. The van der Waals surface area contributed by atoms with E-state index in [2.05, 4.69) is 9.88 Å². The van der Waals surface area contributed by atoms with Crippen LogP contribution in [-0.2, 0) is 16.6 Å². The van der Waals surface area contributed by atoms with E-state index in [1.165, 1.54) is 5.38 Å². The first kappa shape index (κ1) is 13.7. The van der Waals surface area contributed by atoms with Gasteiger partial charge in [-0.15, -0.1) is 11.3 Å². The van der Waals surface area contributed by atoms with Gasteiger partial charge < -0.3 is 9.63 Å². The van der Waals surface area contributed by atoms with Gasteiger partial charge in [-0.05, 0) is 13.0 Å². The minimum atomic E-state index is -3.75. The lowest BCUT2D eigenvalue weighted by atomic mass is 10.4. The minimum Gasteiger partial charge on any atom is -0.477 e. The van der Waals surface area contributed by atoms with Crippen molar-refractivity contribution in [3.63, 3.8) is 0 Å². The number of thiophene rings is 1. The number of rotatable bonds is 5. The number of aromatic carboxylic acids is 1. The summed E-state index contributed by atoms with van der Waals surface area (Å²) in [6.07, 6.45) is 0. The number of hydrogen-bond donors (Lipinski definition) is 2. The molecule has 0 bridgehead atoms. The van der Waals surface area contributed by atoms with E-state index in [0.717, 1.165) is 17.4 Å². The molecule has 19 heavy (non-hydrogen) atoms. The van der Waals surface area contributed by atoms with Crippen molar-refractivity contribution in [2.75, 3.05) is 0 Å². The lowest BCUT2D eigenvalue weighted by Gasteiger charge is -2.01. The largest absolute Gasteiger partial charge is 0.477 e. The normalized spacial score (nSPS) is 11.6. The minimum absolute atomic E-state index is 0.0159. The number of aryl methyl sites for hydroxylation is 1. The second-order valence-electron chi connectivity index (χ2n) is 3.71. The summed E-state index contributed by atoms with van der Waals surface area (Å²) in [4.78, 5) is 10.6. The molecule has 0 atom stereocenters. The molecule has 2 N–H and O–H groups in total. The first-order chi connectivity index (χ1) is 8.88. The third kappa shape index (κ3) is 3.19. The van der Waals surface area contributed by atoms with E-state index >= 15 is 0 Å². The molecule has 0 aliphatic heterocycles. The van der Waals surface area contributed by atoms with Gasteiger partial charge in [0.1, 0.15) is 10.6 Å². The van der Waals surface area contributed by atoms with Crippen LogP contribution in [0.3, 0.4) is 0 Å². The Morgan fingerprint density at radius 1 is 1.53 bits per heavy atom. The van der Waals surface area contributed by atoms with Crippen LogP contribution in [0.5, 0.6) is 0 Å². The van der Waals surface area contributed by atoms with Gasteiger partial charge in [0, 0.05) is 11.4 Å². The van der Waals surface area contributed by atoms with Gasteiger partial charge >= 0.3 is 5.97 Å². The van der Waals surface area contributed by atoms with E-state index in [9.17, 15) is 13.2 Å². The molecule has 0 fully saturated rings. The maximum atomic E-state index is 11.9. The van der Waals surface area contributed by atoms with E-state index in [4.69, 9.17) is 9.63 Å². The van der Waals surface area contributed by atoms with Crippen molar-refractivity contribution in [3.05, 3.63) is 33.8 Å². The second-order valence-corrected chi connectivity index (χ2v) is 6.38. The van der Waals surface area contributed by atoms with Crippen LogP contribution in [0.2, 0.25) is 0 Å². The van der Waals surface area contributed by atoms with Gasteiger partial charge in [-0.25, -0.2) is 17.9 Å². The molecular weight excluding hydrogens is 292 g/mol. The molecule has 0 saturated heterocycles. The van der Waals surface area contributed by atoms with Crippen LogP contribution in [0.1, 0.15) is 21.1 Å². The highest BCUT2D eigenvalue weighted by atomic mass is 32.2. The van der Waals surface area contributed by atoms with Gasteiger partial charge in [-0.3, -0.25) is 0 Å². The lowest BCUT2D eigenvalue weighted by molar-refractivity contribution is 0.0702. The maximum Gasteiger partial charge on any atom is 0.345 e. The Hall–Kier alpha value is -1.71. The molecule has 2 aromatic rings. The standard InChI is InChI=1S/C10H10N2O5S2/c1-6-2-7(12-17-6)4-11-19(15,16)8-3-9(10(13)14)18-5-8/h2-3,5,11H,4H2,1H3,(H,13,14). The van der Waals surface area contributed by atoms with Crippen LogP contribution >= 0.6 is 11.3 Å².